The van der Waals surface area contributed by atoms with E-state index in [4.69, 9.17) is 19.8 Å². The summed E-state index contributed by atoms with van der Waals surface area (Å²) in [4.78, 5) is 2.21. The monoisotopic (exact) mass is 424 g/mol. The molecule has 8 heteroatoms. The van der Waals surface area contributed by atoms with E-state index in [2.05, 4.69) is 24.0 Å². The average molecular weight is 425 g/mol. The maximum atomic E-state index is 10.5. The molecule has 2 aromatic rings. The van der Waals surface area contributed by atoms with Gasteiger partial charge in [0.1, 0.15) is 0 Å². The van der Waals surface area contributed by atoms with Gasteiger partial charge >= 0.3 is 0 Å². The highest BCUT2D eigenvalue weighted by Gasteiger charge is 2.07. The first-order chi connectivity index (χ1) is 13.7. The molecule has 0 heterocycles. The normalized spacial score (nSPS) is 10.9. The Balaban J connectivity index is 0.000000326. The van der Waals surface area contributed by atoms with Crippen molar-refractivity contribution in [3.63, 3.8) is 0 Å². The zero-order valence-electron chi connectivity index (χ0n) is 17.6. The molecule has 3 N–H and O–H groups in total. The van der Waals surface area contributed by atoms with Crippen molar-refractivity contribution < 1.29 is 22.4 Å². The molecule has 0 aromatic heterocycles. The molecular weight excluding hydrogens is 392 g/mol. The maximum absolute atomic E-state index is 10.5. The second-order valence-corrected chi connectivity index (χ2v) is 7.94. The number of anilines is 2. The van der Waals surface area contributed by atoms with Crippen LogP contribution in [0.25, 0.3) is 0 Å². The van der Waals surface area contributed by atoms with Gasteiger partial charge in [-0.3, -0.25) is 4.55 Å². The van der Waals surface area contributed by atoms with Crippen molar-refractivity contribution in [2.75, 3.05) is 50.7 Å². The largest absolute Gasteiger partial charge is 0.399 e. The van der Waals surface area contributed by atoms with Gasteiger partial charge in [0, 0.05) is 31.6 Å². The molecule has 0 amide bonds. The maximum Gasteiger partial charge on any atom is 0.294 e. The van der Waals surface area contributed by atoms with E-state index in [1.807, 2.05) is 19.9 Å². The van der Waals surface area contributed by atoms with Crippen molar-refractivity contribution in [1.82, 2.24) is 0 Å². The van der Waals surface area contributed by atoms with Crippen LogP contribution in [0, 0.1) is 13.8 Å². The van der Waals surface area contributed by atoms with Gasteiger partial charge in [-0.15, -0.1) is 0 Å². The number of hydrogen-bond donors (Lipinski definition) is 2. The number of likely N-dealkylation sites (N-methyl/N-ethyl adjacent to an activating group) is 1. The Hall–Kier alpha value is -2.13. The summed E-state index contributed by atoms with van der Waals surface area (Å²) in [6.45, 7) is 9.85. The Kier molecular flexibility index (Phi) is 10.7. The van der Waals surface area contributed by atoms with E-state index in [9.17, 15) is 8.42 Å². The standard InChI is InChI=1S/C14H24N2O2.C7H8O3S/c1-4-16(7-8-18-10-9-17-3)13-5-6-14(15)12(2)11-13;1-6-2-4-7(5-3-6)11(8,9)10/h5-6,11H,4,7-10,15H2,1-3H3;2-5H,1H3,(H,8,9,10). The molecule has 0 radical (unpaired) electrons. The van der Waals surface area contributed by atoms with Crippen LogP contribution in [0.3, 0.4) is 0 Å². The van der Waals surface area contributed by atoms with E-state index in [1.165, 1.54) is 17.8 Å². The molecule has 0 aliphatic heterocycles. The predicted molar refractivity (Wildman–Crippen MR) is 117 cm³/mol. The highest BCUT2D eigenvalue weighted by atomic mass is 32.2. The fourth-order valence-electron chi connectivity index (χ4n) is 2.46. The lowest BCUT2D eigenvalue weighted by atomic mass is 10.1. The lowest BCUT2D eigenvalue weighted by molar-refractivity contribution is 0.0741. The van der Waals surface area contributed by atoms with Crippen LogP contribution < -0.4 is 10.6 Å². The topological polar surface area (TPSA) is 102 Å². The van der Waals surface area contributed by atoms with E-state index < -0.39 is 10.1 Å². The molecule has 7 nitrogen and oxygen atoms in total. The van der Waals surface area contributed by atoms with E-state index in [0.717, 1.165) is 29.9 Å². The Morgan fingerprint density at radius 3 is 2.21 bits per heavy atom. The quantitative estimate of drug-likeness (QED) is 0.362. The van der Waals surface area contributed by atoms with Crippen LogP contribution >= 0.6 is 0 Å². The molecule has 29 heavy (non-hydrogen) atoms. The Morgan fingerprint density at radius 1 is 1.03 bits per heavy atom. The van der Waals surface area contributed by atoms with Gasteiger partial charge in [-0.2, -0.15) is 8.42 Å². The second-order valence-electron chi connectivity index (χ2n) is 6.51. The van der Waals surface area contributed by atoms with Crippen LogP contribution in [0.15, 0.2) is 47.4 Å². The molecule has 0 aliphatic carbocycles. The summed E-state index contributed by atoms with van der Waals surface area (Å²) < 4.78 is 40.0. The van der Waals surface area contributed by atoms with E-state index in [1.54, 1.807) is 19.2 Å². The van der Waals surface area contributed by atoms with Crippen LogP contribution in [-0.2, 0) is 19.6 Å². The zero-order valence-corrected chi connectivity index (χ0v) is 18.4. The van der Waals surface area contributed by atoms with Crippen LogP contribution in [0.5, 0.6) is 0 Å². The number of nitrogens with zero attached hydrogens (tertiary/aromatic N) is 1. The molecule has 0 spiro atoms. The lowest BCUT2D eigenvalue weighted by Crippen LogP contribution is -2.27. The first kappa shape index (κ1) is 24.9. The molecule has 0 aliphatic rings. The summed E-state index contributed by atoms with van der Waals surface area (Å²) in [5.41, 5.74) is 9.93. The van der Waals surface area contributed by atoms with E-state index in [-0.39, 0.29) is 4.90 Å². The van der Waals surface area contributed by atoms with E-state index >= 15 is 0 Å². The third-order valence-corrected chi connectivity index (χ3v) is 5.12. The van der Waals surface area contributed by atoms with E-state index in [0.29, 0.717) is 19.8 Å². The minimum absolute atomic E-state index is 0.0666. The van der Waals surface area contributed by atoms with Gasteiger partial charge in [-0.1, -0.05) is 17.7 Å². The average Bonchev–Trinajstić information content (AvgIpc) is 2.67. The Morgan fingerprint density at radius 2 is 1.69 bits per heavy atom. The summed E-state index contributed by atoms with van der Waals surface area (Å²) >= 11 is 0. The number of rotatable bonds is 9. The summed E-state index contributed by atoms with van der Waals surface area (Å²) in [6.07, 6.45) is 0. The summed E-state index contributed by atoms with van der Waals surface area (Å²) in [5, 5.41) is 0. The number of methoxy groups -OCH3 is 1. The summed E-state index contributed by atoms with van der Waals surface area (Å²) in [7, 11) is -2.34. The van der Waals surface area contributed by atoms with Crippen LogP contribution in [0.4, 0.5) is 11.4 Å². The highest BCUT2D eigenvalue weighted by Crippen LogP contribution is 2.20. The lowest BCUT2D eigenvalue weighted by Gasteiger charge is -2.23. The zero-order chi connectivity index (χ0) is 21.9. The van der Waals surface area contributed by atoms with Gasteiger partial charge in [0.25, 0.3) is 10.1 Å². The SMILES string of the molecule is CCN(CCOCCOC)c1ccc(N)c(C)c1.Cc1ccc(S(=O)(=O)O)cc1. The number of hydrogen-bond acceptors (Lipinski definition) is 6. The van der Waals surface area contributed by atoms with Gasteiger partial charge in [0.05, 0.1) is 24.7 Å². The third kappa shape index (κ3) is 9.27. The number of ether oxygens (including phenoxy) is 2. The molecule has 0 saturated carbocycles. The van der Waals surface area contributed by atoms with Gasteiger partial charge in [-0.25, -0.2) is 0 Å². The molecule has 162 valence electrons. The van der Waals surface area contributed by atoms with Crippen molar-refractivity contribution in [3.05, 3.63) is 53.6 Å². The molecule has 2 aromatic carbocycles. The van der Waals surface area contributed by atoms with Gasteiger partial charge in [-0.05, 0) is 56.7 Å². The van der Waals surface area contributed by atoms with Crippen molar-refractivity contribution in [2.45, 2.75) is 25.7 Å². The molecule has 0 saturated heterocycles. The fourth-order valence-corrected chi connectivity index (χ4v) is 2.94. The van der Waals surface area contributed by atoms with Crippen LogP contribution in [0.1, 0.15) is 18.1 Å². The molecule has 0 unspecified atom stereocenters. The number of nitrogens with two attached hydrogens (primary N) is 1. The molecule has 2 rings (SSSR count). The summed E-state index contributed by atoms with van der Waals surface area (Å²) in [6, 6.07) is 12.1. The molecular formula is C21H32N2O5S. The first-order valence-corrected chi connectivity index (χ1v) is 10.8. The number of benzene rings is 2. The number of aryl methyl sites for hydroxylation is 2. The van der Waals surface area contributed by atoms with Crippen LogP contribution in [-0.4, -0.2) is 53.0 Å². The molecule has 0 bridgehead atoms. The van der Waals surface area contributed by atoms with Crippen molar-refractivity contribution in [2.24, 2.45) is 0 Å². The van der Waals surface area contributed by atoms with Crippen molar-refractivity contribution >= 4 is 21.5 Å². The molecule has 0 fully saturated rings. The second kappa shape index (κ2) is 12.4. The van der Waals surface area contributed by atoms with Gasteiger partial charge in [0.2, 0.25) is 0 Å². The van der Waals surface area contributed by atoms with Gasteiger partial charge in [0.15, 0.2) is 0 Å². The molecule has 0 atom stereocenters. The minimum atomic E-state index is -4.02. The highest BCUT2D eigenvalue weighted by molar-refractivity contribution is 7.85. The Labute approximate surface area is 174 Å². The Bertz CT molecular complexity index is 839. The first-order valence-electron chi connectivity index (χ1n) is 9.41. The van der Waals surface area contributed by atoms with Crippen molar-refractivity contribution in [1.29, 1.82) is 0 Å². The fraction of sp³-hybridized carbons (Fsp3) is 0.429. The summed E-state index contributed by atoms with van der Waals surface area (Å²) in [5.74, 6) is 0. The van der Waals surface area contributed by atoms with Crippen LogP contribution in [0.2, 0.25) is 0 Å². The smallest absolute Gasteiger partial charge is 0.294 e. The van der Waals surface area contributed by atoms with Gasteiger partial charge < -0.3 is 20.1 Å². The minimum Gasteiger partial charge on any atom is -0.399 e. The number of nitrogen functional groups attached to an aromatic ring is 1. The predicted octanol–water partition coefficient (Wildman–Crippen LogP) is 3.31. The third-order valence-electron chi connectivity index (χ3n) is 4.26. The van der Waals surface area contributed by atoms with Crippen molar-refractivity contribution in [3.8, 4) is 0 Å².